The van der Waals surface area contributed by atoms with Crippen LogP contribution in [0, 0.1) is 5.92 Å². The summed E-state index contributed by atoms with van der Waals surface area (Å²) in [5.41, 5.74) is 0. The smallest absolute Gasteiger partial charge is 0.228 e. The van der Waals surface area contributed by atoms with Crippen molar-refractivity contribution >= 4 is 5.95 Å². The van der Waals surface area contributed by atoms with Crippen molar-refractivity contribution in [2.45, 2.75) is 19.8 Å². The molecule has 2 heterocycles. The van der Waals surface area contributed by atoms with Crippen LogP contribution in [-0.4, -0.2) is 43.3 Å². The molecule has 1 aromatic heterocycles. The van der Waals surface area contributed by atoms with Gasteiger partial charge in [0.15, 0.2) is 0 Å². The highest BCUT2D eigenvalue weighted by Crippen LogP contribution is 2.21. The molecule has 0 aromatic carbocycles. The van der Waals surface area contributed by atoms with Crippen LogP contribution in [0.5, 0.6) is 5.88 Å². The average molecular weight is 250 g/mol. The van der Waals surface area contributed by atoms with Crippen LogP contribution in [0.3, 0.4) is 0 Å². The molecular formula is C13H22N4O. The number of piperidine rings is 1. The third-order valence-corrected chi connectivity index (χ3v) is 3.41. The maximum Gasteiger partial charge on any atom is 0.228 e. The Hall–Kier alpha value is -1.36. The highest BCUT2D eigenvalue weighted by Gasteiger charge is 2.20. The van der Waals surface area contributed by atoms with Gasteiger partial charge in [0, 0.05) is 25.4 Å². The minimum Gasteiger partial charge on any atom is -0.481 e. The number of methoxy groups -OCH3 is 1. The van der Waals surface area contributed by atoms with E-state index in [2.05, 4.69) is 27.1 Å². The molecule has 0 spiro atoms. The first kappa shape index (κ1) is 13.1. The molecule has 0 aliphatic carbocycles. The summed E-state index contributed by atoms with van der Waals surface area (Å²) < 4.78 is 5.13. The topological polar surface area (TPSA) is 50.3 Å². The molecule has 0 bridgehead atoms. The number of hydrogen-bond donors (Lipinski definition) is 1. The lowest BCUT2D eigenvalue weighted by atomic mass is 9.97. The normalized spacial score (nSPS) is 16.9. The fourth-order valence-corrected chi connectivity index (χ4v) is 2.28. The van der Waals surface area contributed by atoms with Crippen molar-refractivity contribution in [3.05, 3.63) is 12.3 Å². The lowest BCUT2D eigenvalue weighted by molar-refractivity contribution is 0.378. The van der Waals surface area contributed by atoms with Crippen molar-refractivity contribution in [3.63, 3.8) is 0 Å². The van der Waals surface area contributed by atoms with Crippen molar-refractivity contribution in [2.75, 3.05) is 38.2 Å². The third-order valence-electron chi connectivity index (χ3n) is 3.41. The molecular weight excluding hydrogens is 228 g/mol. The van der Waals surface area contributed by atoms with Gasteiger partial charge in [-0.05, 0) is 31.8 Å². The van der Waals surface area contributed by atoms with Crippen molar-refractivity contribution < 1.29 is 4.74 Å². The van der Waals surface area contributed by atoms with Crippen molar-refractivity contribution in [1.82, 2.24) is 15.3 Å². The summed E-state index contributed by atoms with van der Waals surface area (Å²) in [6, 6.07) is 1.78. The van der Waals surface area contributed by atoms with Crippen LogP contribution in [0.15, 0.2) is 12.3 Å². The zero-order valence-electron chi connectivity index (χ0n) is 11.2. The van der Waals surface area contributed by atoms with E-state index >= 15 is 0 Å². The van der Waals surface area contributed by atoms with Gasteiger partial charge in [-0.15, -0.1) is 0 Å². The van der Waals surface area contributed by atoms with Crippen LogP contribution in [-0.2, 0) is 0 Å². The Morgan fingerprint density at radius 2 is 2.22 bits per heavy atom. The highest BCUT2D eigenvalue weighted by atomic mass is 16.5. The first-order chi connectivity index (χ1) is 8.83. The summed E-state index contributed by atoms with van der Waals surface area (Å²) in [4.78, 5) is 10.9. The molecule has 1 aliphatic heterocycles. The lowest BCUT2D eigenvalue weighted by Crippen LogP contribution is -2.38. The quantitative estimate of drug-likeness (QED) is 0.854. The summed E-state index contributed by atoms with van der Waals surface area (Å²) in [7, 11) is 1.63. The van der Waals surface area contributed by atoms with Gasteiger partial charge in [0.25, 0.3) is 0 Å². The van der Waals surface area contributed by atoms with Gasteiger partial charge < -0.3 is 15.0 Å². The van der Waals surface area contributed by atoms with Gasteiger partial charge in [-0.2, -0.15) is 4.98 Å². The van der Waals surface area contributed by atoms with Crippen LogP contribution in [0.2, 0.25) is 0 Å². The van der Waals surface area contributed by atoms with Crippen LogP contribution in [0.4, 0.5) is 5.95 Å². The Bertz CT molecular complexity index is 364. The first-order valence-electron chi connectivity index (χ1n) is 6.66. The summed E-state index contributed by atoms with van der Waals surface area (Å²) in [6.07, 6.45) is 4.16. The van der Waals surface area contributed by atoms with E-state index in [4.69, 9.17) is 4.74 Å². The van der Waals surface area contributed by atoms with Gasteiger partial charge in [0.05, 0.1) is 7.11 Å². The molecule has 0 atom stereocenters. The zero-order valence-corrected chi connectivity index (χ0v) is 11.2. The molecule has 5 nitrogen and oxygen atoms in total. The number of nitrogens with zero attached hydrogens (tertiary/aromatic N) is 3. The number of ether oxygens (including phenoxy) is 1. The van der Waals surface area contributed by atoms with Gasteiger partial charge in [-0.25, -0.2) is 4.98 Å². The number of nitrogens with one attached hydrogen (secondary N) is 1. The van der Waals surface area contributed by atoms with Gasteiger partial charge in [0.1, 0.15) is 0 Å². The monoisotopic (exact) mass is 250 g/mol. The molecule has 100 valence electrons. The Labute approximate surface area is 109 Å². The summed E-state index contributed by atoms with van der Waals surface area (Å²) >= 11 is 0. The van der Waals surface area contributed by atoms with E-state index in [0.29, 0.717) is 5.88 Å². The van der Waals surface area contributed by atoms with E-state index in [9.17, 15) is 0 Å². The highest BCUT2D eigenvalue weighted by molar-refractivity contribution is 5.32. The predicted octanol–water partition coefficient (Wildman–Crippen LogP) is 1.31. The molecule has 18 heavy (non-hydrogen) atoms. The summed E-state index contributed by atoms with van der Waals surface area (Å²) in [6.45, 7) is 6.40. The van der Waals surface area contributed by atoms with E-state index in [1.54, 1.807) is 19.4 Å². The summed E-state index contributed by atoms with van der Waals surface area (Å²) in [5, 5.41) is 3.42. The van der Waals surface area contributed by atoms with Gasteiger partial charge in [-0.3, -0.25) is 0 Å². The predicted molar refractivity (Wildman–Crippen MR) is 72.1 cm³/mol. The van der Waals surface area contributed by atoms with Crippen LogP contribution in [0.1, 0.15) is 19.8 Å². The molecule has 1 fully saturated rings. The van der Waals surface area contributed by atoms with E-state index in [1.807, 2.05) is 0 Å². The average Bonchev–Trinajstić information content (AvgIpc) is 2.46. The molecule has 0 amide bonds. The minimum atomic E-state index is 0.634. The molecule has 0 saturated carbocycles. The van der Waals surface area contributed by atoms with Crippen molar-refractivity contribution in [2.24, 2.45) is 5.92 Å². The second-order valence-electron chi connectivity index (χ2n) is 4.64. The number of aromatic nitrogens is 2. The molecule has 1 aliphatic rings. The summed E-state index contributed by atoms with van der Waals surface area (Å²) in [5.74, 6) is 2.21. The maximum absolute atomic E-state index is 5.13. The molecule has 1 saturated heterocycles. The Morgan fingerprint density at radius 3 is 2.89 bits per heavy atom. The molecule has 1 aromatic rings. The van der Waals surface area contributed by atoms with Gasteiger partial charge in [-0.1, -0.05) is 6.92 Å². The molecule has 5 heteroatoms. The second kappa shape index (κ2) is 6.54. The van der Waals surface area contributed by atoms with Gasteiger partial charge >= 0.3 is 0 Å². The van der Waals surface area contributed by atoms with E-state index in [1.165, 1.54) is 12.8 Å². The van der Waals surface area contributed by atoms with Crippen molar-refractivity contribution in [3.8, 4) is 5.88 Å². The van der Waals surface area contributed by atoms with Crippen LogP contribution < -0.4 is 15.0 Å². The van der Waals surface area contributed by atoms with Crippen LogP contribution in [0.25, 0.3) is 0 Å². The van der Waals surface area contributed by atoms with Crippen LogP contribution >= 0.6 is 0 Å². The lowest BCUT2D eigenvalue weighted by Gasteiger charge is -2.32. The van der Waals surface area contributed by atoms with E-state index < -0.39 is 0 Å². The first-order valence-corrected chi connectivity index (χ1v) is 6.66. The van der Waals surface area contributed by atoms with Gasteiger partial charge in [0.2, 0.25) is 11.8 Å². The van der Waals surface area contributed by atoms with Crippen molar-refractivity contribution in [1.29, 1.82) is 0 Å². The minimum absolute atomic E-state index is 0.634. The standard InChI is InChI=1S/C13H22N4O/c1-3-14-10-11-5-8-17(9-6-11)13-15-7-4-12(16-13)18-2/h4,7,11,14H,3,5-6,8-10H2,1-2H3. The molecule has 1 N–H and O–H groups in total. The molecule has 0 unspecified atom stereocenters. The second-order valence-corrected chi connectivity index (χ2v) is 4.64. The molecule has 2 rings (SSSR count). The Balaban J connectivity index is 1.88. The Kier molecular flexibility index (Phi) is 4.75. The van der Waals surface area contributed by atoms with E-state index in [-0.39, 0.29) is 0 Å². The number of rotatable bonds is 5. The largest absolute Gasteiger partial charge is 0.481 e. The number of anilines is 1. The third kappa shape index (κ3) is 3.32. The fourth-order valence-electron chi connectivity index (χ4n) is 2.28. The number of hydrogen-bond acceptors (Lipinski definition) is 5. The zero-order chi connectivity index (χ0) is 12.8. The molecule has 0 radical (unpaired) electrons. The van der Waals surface area contributed by atoms with E-state index in [0.717, 1.165) is 38.0 Å². The SMILES string of the molecule is CCNCC1CCN(c2nccc(OC)n2)CC1. The maximum atomic E-state index is 5.13. The Morgan fingerprint density at radius 1 is 1.44 bits per heavy atom. The fraction of sp³-hybridized carbons (Fsp3) is 0.692.